The Hall–Kier alpha value is -3.12. The van der Waals surface area contributed by atoms with Crippen LogP contribution in [0.5, 0.6) is 5.75 Å². The van der Waals surface area contributed by atoms with Gasteiger partial charge in [-0.3, -0.25) is 4.79 Å². The first kappa shape index (κ1) is 25.0. The normalized spacial score (nSPS) is 15.0. The van der Waals surface area contributed by atoms with Crippen LogP contribution in [-0.4, -0.2) is 24.1 Å². The molecule has 0 saturated heterocycles. The Morgan fingerprint density at radius 1 is 0.943 bits per heavy atom. The lowest BCUT2D eigenvalue weighted by Gasteiger charge is -2.22. The Labute approximate surface area is 211 Å². The second-order valence-electron chi connectivity index (χ2n) is 9.33. The molecular formula is C29H33NO4S. The molecule has 2 aromatic carbocycles. The van der Waals surface area contributed by atoms with Crippen molar-refractivity contribution in [3.63, 3.8) is 0 Å². The van der Waals surface area contributed by atoms with Crippen molar-refractivity contribution in [2.24, 2.45) is 0 Å². The highest BCUT2D eigenvalue weighted by atomic mass is 32.1. The minimum atomic E-state index is -0.730. The van der Waals surface area contributed by atoms with Crippen molar-refractivity contribution >= 4 is 28.2 Å². The zero-order valence-electron chi connectivity index (χ0n) is 20.6. The number of benzene rings is 2. The molecule has 1 N–H and O–H groups in total. The SMILES string of the molecule is CC(C)OC(=O)c1c(-c2ccc(C3CCCCC3)cc2)csc1NC(=O)[C@H](C)Oc1ccccc1. The zero-order valence-corrected chi connectivity index (χ0v) is 21.4. The molecule has 0 radical (unpaired) electrons. The van der Waals surface area contributed by atoms with Gasteiger partial charge in [-0.15, -0.1) is 11.3 Å². The van der Waals surface area contributed by atoms with Crippen molar-refractivity contribution in [1.29, 1.82) is 0 Å². The molecule has 1 aromatic heterocycles. The van der Waals surface area contributed by atoms with Crippen LogP contribution in [0.2, 0.25) is 0 Å². The fourth-order valence-electron chi connectivity index (χ4n) is 4.48. The number of ether oxygens (including phenoxy) is 2. The Balaban J connectivity index is 1.57. The number of amides is 1. The molecule has 1 fully saturated rings. The standard InChI is InChI=1S/C29H33NO4S/c1-19(2)33-29(32)26-25(23-16-14-22(15-17-23)21-10-6-4-7-11-21)18-35-28(26)30-27(31)20(3)34-24-12-8-5-9-13-24/h5,8-9,12-21H,4,6-7,10-11H2,1-3H3,(H,30,31)/t20-/m0/s1. The van der Waals surface area contributed by atoms with Crippen molar-refractivity contribution in [2.75, 3.05) is 5.32 Å². The fourth-order valence-corrected chi connectivity index (χ4v) is 5.44. The third-order valence-electron chi connectivity index (χ3n) is 6.30. The van der Waals surface area contributed by atoms with Crippen molar-refractivity contribution in [3.8, 4) is 16.9 Å². The van der Waals surface area contributed by atoms with Crippen LogP contribution < -0.4 is 10.1 Å². The molecule has 5 nitrogen and oxygen atoms in total. The molecule has 3 aromatic rings. The number of hydrogen-bond donors (Lipinski definition) is 1. The van der Waals surface area contributed by atoms with Gasteiger partial charge in [-0.2, -0.15) is 0 Å². The van der Waals surface area contributed by atoms with Gasteiger partial charge in [0.15, 0.2) is 6.10 Å². The van der Waals surface area contributed by atoms with Crippen LogP contribution in [0, 0.1) is 0 Å². The van der Waals surface area contributed by atoms with E-state index in [1.54, 1.807) is 19.1 Å². The van der Waals surface area contributed by atoms with Gasteiger partial charge in [0.2, 0.25) is 0 Å². The molecule has 4 rings (SSSR count). The van der Waals surface area contributed by atoms with Gasteiger partial charge in [0, 0.05) is 10.9 Å². The maximum Gasteiger partial charge on any atom is 0.342 e. The van der Waals surface area contributed by atoms with Crippen molar-refractivity contribution in [3.05, 3.63) is 71.1 Å². The molecule has 1 amide bonds. The second-order valence-corrected chi connectivity index (χ2v) is 10.2. The molecule has 1 saturated carbocycles. The highest BCUT2D eigenvalue weighted by molar-refractivity contribution is 7.15. The van der Waals surface area contributed by atoms with Crippen LogP contribution >= 0.6 is 11.3 Å². The van der Waals surface area contributed by atoms with E-state index in [2.05, 4.69) is 29.6 Å². The minimum Gasteiger partial charge on any atom is -0.481 e. The van der Waals surface area contributed by atoms with Gasteiger partial charge < -0.3 is 14.8 Å². The number of esters is 1. The Bertz CT molecular complexity index is 1130. The summed E-state index contributed by atoms with van der Waals surface area (Å²) in [6.07, 6.45) is 5.38. The van der Waals surface area contributed by atoms with E-state index in [9.17, 15) is 9.59 Å². The number of anilines is 1. The molecule has 6 heteroatoms. The van der Waals surface area contributed by atoms with Crippen molar-refractivity contribution in [1.82, 2.24) is 0 Å². The molecule has 0 bridgehead atoms. The Morgan fingerprint density at radius 2 is 1.63 bits per heavy atom. The van der Waals surface area contributed by atoms with Crippen LogP contribution in [0.4, 0.5) is 5.00 Å². The zero-order chi connectivity index (χ0) is 24.8. The predicted molar refractivity (Wildman–Crippen MR) is 141 cm³/mol. The average Bonchev–Trinajstić information content (AvgIpc) is 3.28. The molecule has 1 atom stereocenters. The summed E-state index contributed by atoms with van der Waals surface area (Å²) in [4.78, 5) is 26.0. The highest BCUT2D eigenvalue weighted by Crippen LogP contribution is 2.38. The van der Waals surface area contributed by atoms with Crippen LogP contribution in [0.25, 0.3) is 11.1 Å². The summed E-state index contributed by atoms with van der Waals surface area (Å²) in [5.41, 5.74) is 3.44. The van der Waals surface area contributed by atoms with Crippen LogP contribution in [0.3, 0.4) is 0 Å². The topological polar surface area (TPSA) is 64.6 Å². The maximum atomic E-state index is 13.1. The number of hydrogen-bond acceptors (Lipinski definition) is 5. The van der Waals surface area contributed by atoms with E-state index in [4.69, 9.17) is 9.47 Å². The van der Waals surface area contributed by atoms with Crippen molar-refractivity contribution in [2.45, 2.75) is 71.0 Å². The number of carbonyl (C=O) groups excluding carboxylic acids is 2. The minimum absolute atomic E-state index is 0.271. The molecule has 0 unspecified atom stereocenters. The number of thiophene rings is 1. The molecule has 0 spiro atoms. The lowest BCUT2D eigenvalue weighted by Crippen LogP contribution is -2.30. The predicted octanol–water partition coefficient (Wildman–Crippen LogP) is 7.43. The lowest BCUT2D eigenvalue weighted by atomic mass is 9.83. The summed E-state index contributed by atoms with van der Waals surface area (Å²) >= 11 is 1.32. The third-order valence-corrected chi connectivity index (χ3v) is 7.19. The van der Waals surface area contributed by atoms with E-state index in [0.29, 0.717) is 22.2 Å². The summed E-state index contributed by atoms with van der Waals surface area (Å²) in [5.74, 6) is 0.458. The van der Waals surface area contributed by atoms with Gasteiger partial charge in [-0.1, -0.05) is 61.7 Å². The summed E-state index contributed by atoms with van der Waals surface area (Å²) in [7, 11) is 0. The van der Waals surface area contributed by atoms with E-state index < -0.39 is 12.1 Å². The van der Waals surface area contributed by atoms with Gasteiger partial charge >= 0.3 is 5.97 Å². The smallest absolute Gasteiger partial charge is 0.342 e. The number of carbonyl (C=O) groups is 2. The number of rotatable bonds is 8. The monoisotopic (exact) mass is 491 g/mol. The van der Waals surface area contributed by atoms with Gasteiger partial charge in [-0.05, 0) is 62.8 Å². The highest BCUT2D eigenvalue weighted by Gasteiger charge is 2.26. The maximum absolute atomic E-state index is 13.1. The second kappa shape index (κ2) is 11.5. The first-order chi connectivity index (χ1) is 16.9. The largest absolute Gasteiger partial charge is 0.481 e. The van der Waals surface area contributed by atoms with Gasteiger partial charge in [0.25, 0.3) is 5.91 Å². The van der Waals surface area contributed by atoms with Gasteiger partial charge in [0.1, 0.15) is 16.3 Å². The number of para-hydroxylation sites is 1. The Morgan fingerprint density at radius 3 is 2.29 bits per heavy atom. The van der Waals surface area contributed by atoms with E-state index in [-0.39, 0.29) is 12.0 Å². The average molecular weight is 492 g/mol. The van der Waals surface area contributed by atoms with E-state index in [1.165, 1.54) is 49.0 Å². The summed E-state index contributed by atoms with van der Waals surface area (Å²) < 4.78 is 11.3. The molecule has 1 aliphatic rings. The van der Waals surface area contributed by atoms with Gasteiger partial charge in [-0.25, -0.2) is 4.79 Å². The quantitative estimate of drug-likeness (QED) is 0.333. The summed E-state index contributed by atoms with van der Waals surface area (Å²) in [6, 6.07) is 17.7. The molecule has 35 heavy (non-hydrogen) atoms. The lowest BCUT2D eigenvalue weighted by molar-refractivity contribution is -0.122. The van der Waals surface area contributed by atoms with Crippen molar-refractivity contribution < 1.29 is 19.1 Å². The molecular weight excluding hydrogens is 458 g/mol. The molecule has 184 valence electrons. The van der Waals surface area contributed by atoms with Crippen LogP contribution in [0.1, 0.15) is 74.7 Å². The van der Waals surface area contributed by atoms with E-state index >= 15 is 0 Å². The van der Waals surface area contributed by atoms with Crippen LogP contribution in [-0.2, 0) is 9.53 Å². The summed E-state index contributed by atoms with van der Waals surface area (Å²) in [5, 5.41) is 5.27. The van der Waals surface area contributed by atoms with E-state index in [0.717, 1.165) is 11.1 Å². The molecule has 1 aliphatic carbocycles. The Kier molecular flexibility index (Phi) is 8.24. The van der Waals surface area contributed by atoms with Gasteiger partial charge in [0.05, 0.1) is 6.10 Å². The molecule has 1 heterocycles. The first-order valence-corrected chi connectivity index (χ1v) is 13.3. The van der Waals surface area contributed by atoms with E-state index in [1.807, 2.05) is 37.4 Å². The first-order valence-electron chi connectivity index (χ1n) is 12.4. The number of nitrogens with one attached hydrogen (secondary N) is 1. The van der Waals surface area contributed by atoms with Crippen LogP contribution in [0.15, 0.2) is 60.0 Å². The molecule has 0 aliphatic heterocycles. The fraction of sp³-hybridized carbons (Fsp3) is 0.379. The third kappa shape index (κ3) is 6.31. The summed E-state index contributed by atoms with van der Waals surface area (Å²) in [6.45, 7) is 5.32.